The number of nitrogens with zero attached hydrogens (tertiary/aromatic N) is 2. The third kappa shape index (κ3) is 7.20. The molecule has 1 aliphatic heterocycles. The van der Waals surface area contributed by atoms with Crippen molar-refractivity contribution >= 4 is 66.6 Å². The van der Waals surface area contributed by atoms with Gasteiger partial charge in [0.1, 0.15) is 5.84 Å². The van der Waals surface area contributed by atoms with Gasteiger partial charge < -0.3 is 0 Å². The first kappa shape index (κ1) is 24.1. The second kappa shape index (κ2) is 10.2. The molecule has 0 saturated heterocycles. The van der Waals surface area contributed by atoms with Crippen LogP contribution in [0, 0.1) is 0 Å². The Bertz CT molecular complexity index is 977. The van der Waals surface area contributed by atoms with Crippen LogP contribution in [0.15, 0.2) is 40.3 Å². The zero-order valence-corrected chi connectivity index (χ0v) is 20.0. The number of alkyl halides is 1. The van der Waals surface area contributed by atoms with Gasteiger partial charge in [-0.1, -0.05) is 65.0 Å². The molecule has 0 aliphatic carbocycles. The van der Waals surface area contributed by atoms with Gasteiger partial charge in [-0.15, -0.1) is 0 Å². The van der Waals surface area contributed by atoms with E-state index in [-0.39, 0.29) is 5.75 Å². The first-order valence-corrected chi connectivity index (χ1v) is 12.3. The van der Waals surface area contributed by atoms with Crippen molar-refractivity contribution in [1.29, 1.82) is 0 Å². The average Bonchev–Trinajstić information content (AvgIpc) is 2.89. The molecule has 2 rings (SSSR count). The molecule has 1 N–H and O–H groups in total. The number of sulfonamides is 1. The molecular weight excluding hydrogens is 501 g/mol. The van der Waals surface area contributed by atoms with E-state index in [1.165, 1.54) is 6.08 Å². The third-order valence-corrected chi connectivity index (χ3v) is 6.91. The van der Waals surface area contributed by atoms with Gasteiger partial charge in [0.15, 0.2) is 4.45 Å². The van der Waals surface area contributed by atoms with Gasteiger partial charge in [0.25, 0.3) is 5.91 Å². The Balaban J connectivity index is 2.10. The van der Waals surface area contributed by atoms with Crippen molar-refractivity contribution in [2.45, 2.75) is 44.0 Å². The van der Waals surface area contributed by atoms with Crippen LogP contribution < -0.4 is 4.72 Å². The zero-order chi connectivity index (χ0) is 21.7. The van der Waals surface area contributed by atoms with E-state index in [9.17, 15) is 13.2 Å². The van der Waals surface area contributed by atoms with E-state index in [1.807, 2.05) is 11.6 Å². The molecule has 29 heavy (non-hydrogen) atoms. The van der Waals surface area contributed by atoms with Gasteiger partial charge in [-0.25, -0.2) is 23.1 Å². The van der Waals surface area contributed by atoms with Crippen molar-refractivity contribution in [3.63, 3.8) is 0 Å². The molecule has 10 heteroatoms. The molecule has 1 atom stereocenters. The van der Waals surface area contributed by atoms with Gasteiger partial charge in [-0.2, -0.15) is 0 Å². The molecule has 1 amide bonds. The summed E-state index contributed by atoms with van der Waals surface area (Å²) < 4.78 is 25.0. The Morgan fingerprint density at radius 1 is 1.31 bits per heavy atom. The molecule has 1 aliphatic rings. The third-order valence-electron chi connectivity index (χ3n) is 4.12. The number of amides is 1. The maximum atomic E-state index is 12.1. The van der Waals surface area contributed by atoms with Crippen LogP contribution in [0.1, 0.15) is 38.7 Å². The quantitative estimate of drug-likeness (QED) is 0.221. The van der Waals surface area contributed by atoms with Gasteiger partial charge in [-0.05, 0) is 37.1 Å². The van der Waals surface area contributed by atoms with Crippen LogP contribution in [-0.2, 0) is 21.2 Å². The molecule has 158 valence electrons. The van der Waals surface area contributed by atoms with E-state index in [1.54, 1.807) is 25.1 Å². The number of nitrogens with one attached hydrogen (secondary N) is 1. The fraction of sp³-hybridized carbons (Fsp3) is 0.421. The number of halogens is 3. The van der Waals surface area contributed by atoms with Crippen molar-refractivity contribution in [3.8, 4) is 0 Å². The highest BCUT2D eigenvalue weighted by atomic mass is 79.9. The lowest BCUT2D eigenvalue weighted by molar-refractivity contribution is -0.114. The average molecular weight is 523 g/mol. The minimum Gasteiger partial charge on any atom is -0.269 e. The summed E-state index contributed by atoms with van der Waals surface area (Å²) in [4.78, 5) is 20.9. The number of benzene rings is 1. The molecular formula is C19H22BrCl2N3O3S. The van der Waals surface area contributed by atoms with Crippen molar-refractivity contribution in [3.05, 3.63) is 46.0 Å². The Morgan fingerprint density at radius 2 is 2.03 bits per heavy atom. The number of hydrogen-bond donors (Lipinski definition) is 1. The second-order valence-electron chi connectivity index (χ2n) is 6.65. The van der Waals surface area contributed by atoms with E-state index in [0.717, 1.165) is 24.5 Å². The van der Waals surface area contributed by atoms with Crippen molar-refractivity contribution in [2.75, 3.05) is 5.75 Å². The number of carbonyl (C=O) groups is 1. The first-order valence-electron chi connectivity index (χ1n) is 9.05. The van der Waals surface area contributed by atoms with E-state index < -0.39 is 20.4 Å². The van der Waals surface area contributed by atoms with Crippen LogP contribution in [0.3, 0.4) is 0 Å². The Kier molecular flexibility index (Phi) is 8.46. The van der Waals surface area contributed by atoms with Gasteiger partial charge >= 0.3 is 0 Å². The minimum atomic E-state index is -3.66. The van der Waals surface area contributed by atoms with E-state index >= 15 is 0 Å². The lowest BCUT2D eigenvalue weighted by Crippen LogP contribution is -2.32. The lowest BCUT2D eigenvalue weighted by Gasteiger charge is -2.20. The van der Waals surface area contributed by atoms with Gasteiger partial charge in [0, 0.05) is 22.5 Å². The molecule has 1 aromatic carbocycles. The topological polar surface area (TPSA) is 88.0 Å². The van der Waals surface area contributed by atoms with Gasteiger partial charge in [0.05, 0.1) is 11.5 Å². The number of amidine groups is 1. The standard InChI is InChI=1S/C19H22BrCl2N3O3S/c1-3-4-5-10-29(27,28)25-18(26)9-8-17-19(20,24-13(2)23-17)12-14-6-7-15(21)11-16(14)22/h6-9,11H,3-5,10,12H2,1-2H3,(H,25,26)/b9-8+. The van der Waals surface area contributed by atoms with Crippen LogP contribution >= 0.6 is 39.1 Å². The maximum Gasteiger partial charge on any atom is 0.257 e. The molecule has 0 aromatic heterocycles. The van der Waals surface area contributed by atoms with Crippen molar-refractivity contribution < 1.29 is 13.2 Å². The number of hydrogen-bond acceptors (Lipinski definition) is 5. The number of rotatable bonds is 9. The minimum absolute atomic E-state index is 0.0823. The van der Waals surface area contributed by atoms with Crippen LogP contribution in [-0.4, -0.2) is 36.1 Å². The van der Waals surface area contributed by atoms with Gasteiger partial charge in [0.2, 0.25) is 10.0 Å². The molecule has 6 nitrogen and oxygen atoms in total. The smallest absolute Gasteiger partial charge is 0.257 e. The Morgan fingerprint density at radius 3 is 2.69 bits per heavy atom. The number of unbranched alkanes of at least 4 members (excludes halogenated alkanes) is 2. The maximum absolute atomic E-state index is 12.1. The predicted octanol–water partition coefficient (Wildman–Crippen LogP) is 4.69. The summed E-state index contributed by atoms with van der Waals surface area (Å²) in [6.45, 7) is 3.71. The molecule has 0 spiro atoms. The second-order valence-corrected chi connectivity index (χ2v) is 10.7. The van der Waals surface area contributed by atoms with Crippen molar-refractivity contribution in [2.24, 2.45) is 9.98 Å². The summed E-state index contributed by atoms with van der Waals surface area (Å²) in [7, 11) is -3.66. The highest BCUT2D eigenvalue weighted by molar-refractivity contribution is 9.10. The highest BCUT2D eigenvalue weighted by Gasteiger charge is 2.36. The summed E-state index contributed by atoms with van der Waals surface area (Å²) in [6, 6.07) is 5.17. The van der Waals surface area contributed by atoms with Crippen LogP contribution in [0.4, 0.5) is 0 Å². The van der Waals surface area contributed by atoms with Crippen molar-refractivity contribution in [1.82, 2.24) is 4.72 Å². The summed E-state index contributed by atoms with van der Waals surface area (Å²) in [5.41, 5.74) is 1.27. The molecule has 0 radical (unpaired) electrons. The molecule has 1 heterocycles. The summed E-state index contributed by atoms with van der Waals surface area (Å²) in [6.07, 6.45) is 5.17. The van der Waals surface area contributed by atoms with E-state index in [2.05, 4.69) is 25.9 Å². The Hall–Kier alpha value is -1.22. The first-order chi connectivity index (χ1) is 13.5. The normalized spacial score (nSPS) is 19.3. The molecule has 0 saturated carbocycles. The highest BCUT2D eigenvalue weighted by Crippen LogP contribution is 2.34. The van der Waals surface area contributed by atoms with E-state index in [4.69, 9.17) is 23.2 Å². The summed E-state index contributed by atoms with van der Waals surface area (Å²) in [5.74, 6) is -0.284. The SMILES string of the molecule is CCCCCS(=O)(=O)NC(=O)/C=C/C1=NC(C)=NC1(Br)Cc1ccc(Cl)cc1Cl. The summed E-state index contributed by atoms with van der Waals surface area (Å²) >= 11 is 15.8. The molecule has 1 unspecified atom stereocenters. The molecule has 1 aromatic rings. The summed E-state index contributed by atoms with van der Waals surface area (Å²) in [5, 5.41) is 1.02. The van der Waals surface area contributed by atoms with Crippen LogP contribution in [0.5, 0.6) is 0 Å². The molecule has 0 fully saturated rings. The monoisotopic (exact) mass is 521 g/mol. The number of carbonyl (C=O) groups excluding carboxylic acids is 1. The predicted molar refractivity (Wildman–Crippen MR) is 123 cm³/mol. The fourth-order valence-electron chi connectivity index (χ4n) is 2.75. The largest absolute Gasteiger partial charge is 0.269 e. The fourth-order valence-corrected chi connectivity index (χ4v) is 5.06. The Labute approximate surface area is 189 Å². The van der Waals surface area contributed by atoms with Crippen LogP contribution in [0.2, 0.25) is 10.0 Å². The van der Waals surface area contributed by atoms with Crippen LogP contribution in [0.25, 0.3) is 0 Å². The van der Waals surface area contributed by atoms with Gasteiger partial charge in [-0.3, -0.25) is 4.79 Å². The lowest BCUT2D eigenvalue weighted by atomic mass is 10.0. The molecule has 0 bridgehead atoms. The van der Waals surface area contributed by atoms with E-state index in [0.29, 0.717) is 34.4 Å². The number of aliphatic imine (C=N–C) groups is 2. The zero-order valence-electron chi connectivity index (χ0n) is 16.1.